The topological polar surface area (TPSA) is 158 Å². The lowest BCUT2D eigenvalue weighted by Crippen LogP contribution is -2.41. The fourth-order valence-corrected chi connectivity index (χ4v) is 8.02. The minimum Gasteiger partial charge on any atom is -0.392 e. The van der Waals surface area contributed by atoms with Gasteiger partial charge in [0.05, 0.1) is 69.0 Å². The van der Waals surface area contributed by atoms with E-state index in [1.807, 2.05) is 44.2 Å². The highest BCUT2D eigenvalue weighted by molar-refractivity contribution is 6.31. The van der Waals surface area contributed by atoms with Crippen molar-refractivity contribution in [3.05, 3.63) is 175 Å². The number of rotatable bonds is 8. The van der Waals surface area contributed by atoms with Crippen LogP contribution in [0.5, 0.6) is 0 Å². The molecule has 16 heteroatoms. The third-order valence-electron chi connectivity index (χ3n) is 10.8. The number of nitrogens with zero attached hydrogens (tertiary/aromatic N) is 11. The molecule has 2 N–H and O–H groups in total. The number of amides is 2. The van der Waals surface area contributed by atoms with Gasteiger partial charge in [0, 0.05) is 47.9 Å². The fraction of sp³-hybridized carbons (Fsp3) is 0.213. The van der Waals surface area contributed by atoms with Gasteiger partial charge < -0.3 is 20.0 Å². The molecule has 0 saturated heterocycles. The van der Waals surface area contributed by atoms with Crippen molar-refractivity contribution in [2.45, 2.75) is 52.2 Å². The van der Waals surface area contributed by atoms with E-state index in [1.54, 1.807) is 61.6 Å². The third-order valence-corrected chi connectivity index (χ3v) is 11.0. The van der Waals surface area contributed by atoms with Gasteiger partial charge in [-0.1, -0.05) is 60.1 Å². The van der Waals surface area contributed by atoms with E-state index < -0.39 is 0 Å². The molecule has 0 bridgehead atoms. The number of hydrogen-bond donors (Lipinski definition) is 2. The maximum Gasteiger partial charge on any atom is 0.272 e. The summed E-state index contributed by atoms with van der Waals surface area (Å²) in [6.45, 7) is 34.2. The minimum absolute atomic E-state index is 0.0646. The molecule has 0 unspecified atom stereocenters. The molecule has 0 saturated carbocycles. The Hall–Kier alpha value is -8.10. The summed E-state index contributed by atoms with van der Waals surface area (Å²) >= 11 is 6.07. The van der Waals surface area contributed by atoms with Gasteiger partial charge in [-0.15, -0.1) is 0 Å². The van der Waals surface area contributed by atoms with Crippen LogP contribution in [-0.2, 0) is 26.3 Å². The third kappa shape index (κ3) is 8.60. The first-order chi connectivity index (χ1) is 30.4. The smallest absolute Gasteiger partial charge is 0.272 e. The standard InChI is InChI=1S/C24H18N6O2.C23H18ClN5O2/c1-15-12-29(13-16-4-6-19(26-2)7-5-16)24(32)22-10-21(28-30(15)22)23-18(14-31)8-17(11-25)9-20(23)27-3;1-14-11-28(12-15-4-6-18(25-2)7-5-15)23(31)21-10-20(27-29(14)21)22-16(13-30)8-17(24)9-19(22)26-3/h4-10,15,31H,12-14H2,1H3;4-10,14,30H,11-13H2,1H3/t15-;14-/m00/s1. The summed E-state index contributed by atoms with van der Waals surface area (Å²) in [7, 11) is 0. The van der Waals surface area contributed by atoms with Gasteiger partial charge >= 0.3 is 0 Å². The highest BCUT2D eigenvalue weighted by Gasteiger charge is 2.33. The molecule has 8 rings (SSSR count). The second kappa shape index (κ2) is 18.3. The van der Waals surface area contributed by atoms with E-state index in [-0.39, 0.29) is 54.1 Å². The number of aliphatic hydroxyl groups excluding tert-OH is 2. The van der Waals surface area contributed by atoms with Gasteiger partial charge in [0.2, 0.25) is 0 Å². The Labute approximate surface area is 368 Å². The molecule has 63 heavy (non-hydrogen) atoms. The SMILES string of the molecule is [C-]#[N+]c1ccc(CN2C[C@H](C)n3nc(-c4c(CO)cc(C#N)cc4[N+]#[C-])cc3C2=O)cc1.[C-]#[N+]c1ccc(CN2C[C@H](C)n3nc(-c4c(CO)cc(Cl)cc4[N+]#[C-])cc3C2=O)cc1. The van der Waals surface area contributed by atoms with Crippen LogP contribution in [0.1, 0.15) is 74.7 Å². The van der Waals surface area contributed by atoms with Crippen molar-refractivity contribution in [2.75, 3.05) is 13.1 Å². The summed E-state index contributed by atoms with van der Waals surface area (Å²) in [5.74, 6) is -0.338. The van der Waals surface area contributed by atoms with E-state index in [1.165, 1.54) is 18.2 Å². The van der Waals surface area contributed by atoms with Gasteiger partial charge in [-0.2, -0.15) is 15.5 Å². The van der Waals surface area contributed by atoms with Gasteiger partial charge in [-0.3, -0.25) is 19.0 Å². The average molecular weight is 854 g/mol. The maximum absolute atomic E-state index is 13.2. The van der Waals surface area contributed by atoms with Crippen LogP contribution in [0.4, 0.5) is 22.7 Å². The first kappa shape index (κ1) is 43.0. The lowest BCUT2D eigenvalue weighted by molar-refractivity contribution is 0.0645. The Morgan fingerprint density at radius 1 is 0.667 bits per heavy atom. The summed E-state index contributed by atoms with van der Waals surface area (Å²) in [6.07, 6.45) is 0. The number of fused-ring (bicyclic) bond motifs is 2. The molecule has 4 aromatic carbocycles. The highest BCUT2D eigenvalue weighted by atomic mass is 35.5. The van der Waals surface area contributed by atoms with E-state index in [4.69, 9.17) is 37.9 Å². The van der Waals surface area contributed by atoms with Crippen LogP contribution >= 0.6 is 11.6 Å². The van der Waals surface area contributed by atoms with Crippen molar-refractivity contribution in [2.24, 2.45) is 0 Å². The first-order valence-electron chi connectivity index (χ1n) is 19.5. The molecule has 2 aliphatic rings. The minimum atomic E-state index is -0.355. The number of carbonyl (C=O) groups excluding carboxylic acids is 2. The summed E-state index contributed by atoms with van der Waals surface area (Å²) in [5.41, 5.74) is 7.30. The molecular weight excluding hydrogens is 818 g/mol. The average Bonchev–Trinajstić information content (AvgIpc) is 3.97. The van der Waals surface area contributed by atoms with Crippen molar-refractivity contribution in [1.29, 1.82) is 5.26 Å². The highest BCUT2D eigenvalue weighted by Crippen LogP contribution is 2.39. The van der Waals surface area contributed by atoms with Crippen molar-refractivity contribution < 1.29 is 19.8 Å². The lowest BCUT2D eigenvalue weighted by Gasteiger charge is -2.31. The number of aromatic nitrogens is 4. The molecule has 310 valence electrons. The fourth-order valence-electron chi connectivity index (χ4n) is 7.79. The summed E-state index contributed by atoms with van der Waals surface area (Å²) in [6, 6.07) is 25.6. The van der Waals surface area contributed by atoms with E-state index in [9.17, 15) is 25.1 Å². The molecule has 2 aromatic heterocycles. The van der Waals surface area contributed by atoms with Crippen LogP contribution in [0.3, 0.4) is 0 Å². The molecule has 0 fully saturated rings. The van der Waals surface area contributed by atoms with Crippen LogP contribution in [-0.4, -0.2) is 64.5 Å². The Morgan fingerprint density at radius 3 is 1.49 bits per heavy atom. The summed E-state index contributed by atoms with van der Waals surface area (Å²) in [4.78, 5) is 43.7. The predicted molar refractivity (Wildman–Crippen MR) is 234 cm³/mol. The van der Waals surface area contributed by atoms with Crippen molar-refractivity contribution in [1.82, 2.24) is 29.4 Å². The van der Waals surface area contributed by atoms with E-state index in [0.29, 0.717) is 87.6 Å². The zero-order valence-electron chi connectivity index (χ0n) is 34.0. The predicted octanol–water partition coefficient (Wildman–Crippen LogP) is 9.25. The van der Waals surface area contributed by atoms with Gasteiger partial charge in [0.1, 0.15) is 11.4 Å². The molecule has 2 amide bonds. The van der Waals surface area contributed by atoms with Crippen LogP contribution in [0.2, 0.25) is 5.02 Å². The molecule has 6 aromatic rings. The Balaban J connectivity index is 0.000000189. The second-order valence-electron chi connectivity index (χ2n) is 15.0. The van der Waals surface area contributed by atoms with Crippen LogP contribution < -0.4 is 0 Å². The molecule has 4 heterocycles. The largest absolute Gasteiger partial charge is 0.392 e. The molecule has 15 nitrogen and oxygen atoms in total. The molecule has 0 spiro atoms. The zero-order valence-corrected chi connectivity index (χ0v) is 34.7. The second-order valence-corrected chi connectivity index (χ2v) is 15.4. The van der Waals surface area contributed by atoms with Crippen molar-refractivity contribution >= 4 is 46.2 Å². The Kier molecular flexibility index (Phi) is 12.5. The normalized spacial score (nSPS) is 15.1. The van der Waals surface area contributed by atoms with Crippen LogP contribution in [0.25, 0.3) is 41.9 Å². The maximum atomic E-state index is 13.2. The van der Waals surface area contributed by atoms with E-state index in [2.05, 4.69) is 29.6 Å². The Bertz CT molecular complexity index is 2990. The molecule has 0 aliphatic carbocycles. The lowest BCUT2D eigenvalue weighted by atomic mass is 9.99. The number of carbonyl (C=O) groups is 2. The number of benzene rings is 4. The molecule has 0 radical (unpaired) electrons. The van der Waals surface area contributed by atoms with Crippen LogP contribution in [0.15, 0.2) is 84.9 Å². The summed E-state index contributed by atoms with van der Waals surface area (Å²) in [5, 5.41) is 38.4. The van der Waals surface area contributed by atoms with Gasteiger partial charge in [-0.05, 0) is 72.5 Å². The van der Waals surface area contributed by atoms with Gasteiger partial charge in [-0.25, -0.2) is 19.4 Å². The van der Waals surface area contributed by atoms with Crippen LogP contribution in [0, 0.1) is 37.6 Å². The first-order valence-corrected chi connectivity index (χ1v) is 19.9. The number of nitriles is 1. The van der Waals surface area contributed by atoms with Gasteiger partial charge in [0.15, 0.2) is 22.7 Å². The molecular formula is C47H36ClN11O4. The number of halogens is 1. The van der Waals surface area contributed by atoms with Crippen molar-refractivity contribution in [3.63, 3.8) is 0 Å². The van der Waals surface area contributed by atoms with E-state index in [0.717, 1.165) is 11.1 Å². The monoisotopic (exact) mass is 853 g/mol. The number of hydrogen-bond acceptors (Lipinski definition) is 7. The number of aliphatic hydroxyl groups is 2. The zero-order chi connectivity index (χ0) is 44.9. The van der Waals surface area contributed by atoms with E-state index >= 15 is 0 Å². The van der Waals surface area contributed by atoms with Crippen molar-refractivity contribution in [3.8, 4) is 28.6 Å². The Morgan fingerprint density at radius 2 is 1.10 bits per heavy atom. The molecule has 2 atom stereocenters. The quantitative estimate of drug-likeness (QED) is 0.145. The summed E-state index contributed by atoms with van der Waals surface area (Å²) < 4.78 is 3.34. The van der Waals surface area contributed by atoms with Gasteiger partial charge in [0.25, 0.3) is 11.8 Å². The molecule has 2 aliphatic heterocycles.